The van der Waals surface area contributed by atoms with Gasteiger partial charge in [-0.2, -0.15) is 8.99 Å². The van der Waals surface area contributed by atoms with Gasteiger partial charge in [-0.1, -0.05) is 23.4 Å². The molecule has 0 N–H and O–H groups in total. The molecule has 0 saturated carbocycles. The van der Waals surface area contributed by atoms with Gasteiger partial charge >= 0.3 is 5.97 Å². The first-order chi connectivity index (χ1) is 16.1. The third kappa shape index (κ3) is 4.35. The zero-order valence-corrected chi connectivity index (χ0v) is 20.6. The van der Waals surface area contributed by atoms with Crippen LogP contribution in [0, 0.1) is 33.6 Å². The molecule has 180 valence electrons. The largest absolute Gasteiger partial charge is 0.442 e. The number of aryl methyl sites for hydroxylation is 2. The summed E-state index contributed by atoms with van der Waals surface area (Å²) in [7, 11) is -3.68. The Morgan fingerprint density at radius 1 is 1.06 bits per heavy atom. The zero-order valence-electron chi connectivity index (χ0n) is 19.7. The predicted octanol–water partition coefficient (Wildman–Crippen LogP) is 2.63. The third-order valence-electron chi connectivity index (χ3n) is 6.64. The van der Waals surface area contributed by atoms with Crippen LogP contribution in [0.2, 0.25) is 0 Å². The van der Waals surface area contributed by atoms with Crippen LogP contribution in [-0.2, 0) is 26.3 Å². The van der Waals surface area contributed by atoms with Gasteiger partial charge in [0, 0.05) is 13.1 Å². The monoisotopic (exact) mass is 484 g/mol. The molecule has 2 aromatic carbocycles. The van der Waals surface area contributed by atoms with Gasteiger partial charge < -0.3 is 4.74 Å². The van der Waals surface area contributed by atoms with Crippen molar-refractivity contribution in [2.75, 3.05) is 13.1 Å². The van der Waals surface area contributed by atoms with Gasteiger partial charge in [0.15, 0.2) is 6.73 Å². The molecular formula is C24H28N4O5S. The van der Waals surface area contributed by atoms with E-state index in [0.717, 1.165) is 26.9 Å². The highest BCUT2D eigenvalue weighted by atomic mass is 32.2. The minimum atomic E-state index is -3.68. The summed E-state index contributed by atoms with van der Waals surface area (Å²) in [5.74, 6) is -0.922. The molecule has 9 nitrogen and oxygen atoms in total. The first-order valence-corrected chi connectivity index (χ1v) is 12.6. The topological polar surface area (TPSA) is 111 Å². The van der Waals surface area contributed by atoms with Gasteiger partial charge in [-0.05, 0) is 74.9 Å². The molecule has 0 aliphatic carbocycles. The van der Waals surface area contributed by atoms with Crippen molar-refractivity contribution in [1.82, 2.24) is 19.3 Å². The summed E-state index contributed by atoms with van der Waals surface area (Å²) in [6.07, 6.45) is 0.693. The second-order valence-corrected chi connectivity index (χ2v) is 10.6. The average Bonchev–Trinajstić information content (AvgIpc) is 2.82. The van der Waals surface area contributed by atoms with Crippen molar-refractivity contribution in [2.24, 2.45) is 5.92 Å². The molecular weight excluding hydrogens is 456 g/mol. The van der Waals surface area contributed by atoms with Crippen molar-refractivity contribution >= 4 is 26.9 Å². The number of hydrogen-bond donors (Lipinski definition) is 0. The van der Waals surface area contributed by atoms with Crippen LogP contribution in [0.3, 0.4) is 0 Å². The molecule has 0 amide bonds. The van der Waals surface area contributed by atoms with Gasteiger partial charge in [0.2, 0.25) is 10.0 Å². The van der Waals surface area contributed by atoms with Crippen LogP contribution in [-0.4, -0.2) is 46.8 Å². The predicted molar refractivity (Wildman–Crippen MR) is 127 cm³/mol. The summed E-state index contributed by atoms with van der Waals surface area (Å²) in [5.41, 5.74) is 3.47. The molecule has 0 radical (unpaired) electrons. The van der Waals surface area contributed by atoms with E-state index in [-0.39, 0.29) is 19.8 Å². The molecule has 1 aliphatic rings. The molecule has 0 bridgehead atoms. The Morgan fingerprint density at radius 3 is 2.32 bits per heavy atom. The summed E-state index contributed by atoms with van der Waals surface area (Å²) in [5, 5.41) is 8.19. The lowest BCUT2D eigenvalue weighted by Crippen LogP contribution is -2.41. The highest BCUT2D eigenvalue weighted by molar-refractivity contribution is 7.89. The molecule has 0 unspecified atom stereocenters. The van der Waals surface area contributed by atoms with Crippen molar-refractivity contribution in [2.45, 2.75) is 52.2 Å². The Kier molecular flexibility index (Phi) is 6.55. The highest BCUT2D eigenvalue weighted by Gasteiger charge is 2.35. The second kappa shape index (κ2) is 9.27. The number of aromatic nitrogens is 3. The number of esters is 1. The van der Waals surface area contributed by atoms with Crippen molar-refractivity contribution in [1.29, 1.82) is 0 Å². The van der Waals surface area contributed by atoms with Crippen LogP contribution < -0.4 is 5.56 Å². The highest BCUT2D eigenvalue weighted by Crippen LogP contribution is 2.31. The summed E-state index contributed by atoms with van der Waals surface area (Å²) in [4.78, 5) is 25.5. The first-order valence-electron chi connectivity index (χ1n) is 11.2. The number of rotatable bonds is 5. The lowest BCUT2D eigenvalue weighted by Gasteiger charge is -2.31. The quantitative estimate of drug-likeness (QED) is 0.512. The third-order valence-corrected chi connectivity index (χ3v) is 8.81. The van der Waals surface area contributed by atoms with Crippen LogP contribution in [0.1, 0.15) is 35.1 Å². The summed E-state index contributed by atoms with van der Waals surface area (Å²) >= 11 is 0. The molecule has 1 fully saturated rings. The number of ether oxygens (including phenoxy) is 1. The first kappa shape index (κ1) is 24.0. The SMILES string of the molecule is Cc1cc(C)c(C)c(S(=O)(=O)N2CCC(C(=O)OCn3nnc4ccccc4c3=O)CC2)c1C. The number of nitrogens with zero attached hydrogens (tertiary/aromatic N) is 4. The van der Waals surface area contributed by atoms with Crippen LogP contribution in [0.25, 0.3) is 10.9 Å². The van der Waals surface area contributed by atoms with E-state index >= 15 is 0 Å². The number of carbonyl (C=O) groups is 1. The Balaban J connectivity index is 1.42. The fourth-order valence-electron chi connectivity index (χ4n) is 4.38. The molecule has 0 atom stereocenters. The number of carbonyl (C=O) groups excluding carboxylic acids is 1. The molecule has 34 heavy (non-hydrogen) atoms. The fourth-order valence-corrected chi connectivity index (χ4v) is 6.42. The van der Waals surface area contributed by atoms with Crippen molar-refractivity contribution in [3.8, 4) is 0 Å². The lowest BCUT2D eigenvalue weighted by atomic mass is 9.98. The molecule has 4 rings (SSSR count). The molecule has 10 heteroatoms. The molecule has 1 aliphatic heterocycles. The van der Waals surface area contributed by atoms with Crippen molar-refractivity contribution in [3.63, 3.8) is 0 Å². The number of benzene rings is 2. The standard InChI is InChI=1S/C24H28N4O5S/c1-15-13-16(2)18(4)22(17(15)3)34(31,32)27-11-9-19(10-12-27)24(30)33-14-28-23(29)20-7-5-6-8-21(20)25-26-28/h5-8,13,19H,9-12,14H2,1-4H3. The van der Waals surface area contributed by atoms with Gasteiger partial charge in [-0.3, -0.25) is 9.59 Å². The number of piperidine rings is 1. The molecule has 2 heterocycles. The Bertz CT molecular complexity index is 1400. The maximum absolute atomic E-state index is 13.4. The maximum atomic E-state index is 13.4. The van der Waals surface area contributed by atoms with E-state index in [9.17, 15) is 18.0 Å². The second-order valence-electron chi connectivity index (χ2n) is 8.77. The van der Waals surface area contributed by atoms with E-state index in [0.29, 0.717) is 28.6 Å². The summed E-state index contributed by atoms with van der Waals surface area (Å²) < 4.78 is 34.6. The number of fused-ring (bicyclic) bond motifs is 1. The van der Waals surface area contributed by atoms with Gasteiger partial charge in [-0.15, -0.1) is 5.10 Å². The van der Waals surface area contributed by atoms with E-state index in [4.69, 9.17) is 4.74 Å². The van der Waals surface area contributed by atoms with E-state index in [1.165, 1.54) is 4.31 Å². The molecule has 0 spiro atoms. The Labute approximate surface area is 198 Å². The summed E-state index contributed by atoms with van der Waals surface area (Å²) in [6.45, 7) is 7.59. The molecule has 1 aromatic heterocycles. The average molecular weight is 485 g/mol. The van der Waals surface area contributed by atoms with Crippen LogP contribution in [0.15, 0.2) is 40.0 Å². The normalized spacial score (nSPS) is 15.5. The number of sulfonamides is 1. The zero-order chi connectivity index (χ0) is 24.6. The van der Waals surface area contributed by atoms with E-state index in [2.05, 4.69) is 10.3 Å². The smallest absolute Gasteiger partial charge is 0.310 e. The fraction of sp³-hybridized carbons (Fsp3) is 0.417. The molecule has 1 saturated heterocycles. The van der Waals surface area contributed by atoms with Crippen molar-refractivity contribution < 1.29 is 17.9 Å². The van der Waals surface area contributed by atoms with Crippen molar-refractivity contribution in [3.05, 3.63) is 62.9 Å². The Morgan fingerprint density at radius 2 is 1.68 bits per heavy atom. The lowest BCUT2D eigenvalue weighted by molar-refractivity contribution is -0.154. The van der Waals surface area contributed by atoms with Gasteiger partial charge in [0.25, 0.3) is 5.56 Å². The minimum Gasteiger partial charge on any atom is -0.442 e. The maximum Gasteiger partial charge on any atom is 0.310 e. The van der Waals surface area contributed by atoms with Crippen LogP contribution >= 0.6 is 0 Å². The van der Waals surface area contributed by atoms with E-state index in [1.807, 2.05) is 33.8 Å². The van der Waals surface area contributed by atoms with Crippen LogP contribution in [0.4, 0.5) is 0 Å². The van der Waals surface area contributed by atoms with Gasteiger partial charge in [0.05, 0.1) is 16.2 Å². The van der Waals surface area contributed by atoms with Gasteiger partial charge in [-0.25, -0.2) is 8.42 Å². The minimum absolute atomic E-state index is 0.226. The van der Waals surface area contributed by atoms with E-state index in [1.54, 1.807) is 24.3 Å². The summed E-state index contributed by atoms with van der Waals surface area (Å²) in [6, 6.07) is 8.81. The van der Waals surface area contributed by atoms with E-state index < -0.39 is 27.5 Å². The van der Waals surface area contributed by atoms with Gasteiger partial charge in [0.1, 0.15) is 5.52 Å². The number of hydrogen-bond acceptors (Lipinski definition) is 7. The Hall–Kier alpha value is -3.11. The van der Waals surface area contributed by atoms with Crippen LogP contribution in [0.5, 0.6) is 0 Å². The molecule has 3 aromatic rings.